The molecular formula is C15H23N2O3+. The van der Waals surface area contributed by atoms with Gasteiger partial charge in [0.05, 0.1) is 32.9 Å². The molecule has 20 heavy (non-hydrogen) atoms. The fraction of sp³-hybridized carbons (Fsp3) is 0.533. The molecule has 0 spiro atoms. The fourth-order valence-corrected chi connectivity index (χ4v) is 2.23. The minimum atomic E-state index is -0.0271. The maximum atomic E-state index is 12.0. The molecule has 5 heteroatoms. The van der Waals surface area contributed by atoms with Crippen molar-refractivity contribution in [2.75, 3.05) is 46.0 Å². The van der Waals surface area contributed by atoms with Crippen molar-refractivity contribution in [1.29, 1.82) is 0 Å². The number of rotatable bonds is 6. The van der Waals surface area contributed by atoms with Crippen LogP contribution in [0.15, 0.2) is 24.3 Å². The van der Waals surface area contributed by atoms with Gasteiger partial charge in [0, 0.05) is 5.56 Å². The SMILES string of the molecule is CCOc1ccc(C(=O)NCC[NH+]2CCOCC2)cc1. The van der Waals surface area contributed by atoms with Gasteiger partial charge in [0.1, 0.15) is 18.8 Å². The van der Waals surface area contributed by atoms with Gasteiger partial charge in [-0.2, -0.15) is 0 Å². The van der Waals surface area contributed by atoms with Crippen LogP contribution in [0.25, 0.3) is 0 Å². The molecule has 0 unspecified atom stereocenters. The van der Waals surface area contributed by atoms with Gasteiger partial charge in [-0.1, -0.05) is 0 Å². The molecule has 2 N–H and O–H groups in total. The summed E-state index contributed by atoms with van der Waals surface area (Å²) in [6.45, 7) is 7.91. The number of carbonyl (C=O) groups is 1. The van der Waals surface area contributed by atoms with Gasteiger partial charge in [-0.25, -0.2) is 0 Å². The number of ether oxygens (including phenoxy) is 2. The van der Waals surface area contributed by atoms with Crippen LogP contribution in [-0.2, 0) is 4.74 Å². The van der Waals surface area contributed by atoms with E-state index in [0.717, 1.165) is 38.6 Å². The first-order valence-electron chi connectivity index (χ1n) is 7.22. The number of hydrogen-bond donors (Lipinski definition) is 2. The first-order valence-corrected chi connectivity index (χ1v) is 7.22. The molecule has 5 nitrogen and oxygen atoms in total. The van der Waals surface area contributed by atoms with Crippen LogP contribution in [0.4, 0.5) is 0 Å². The number of quaternary nitrogens is 1. The quantitative estimate of drug-likeness (QED) is 0.754. The van der Waals surface area contributed by atoms with Crippen molar-refractivity contribution in [3.63, 3.8) is 0 Å². The Morgan fingerprint density at radius 3 is 2.65 bits per heavy atom. The van der Waals surface area contributed by atoms with Crippen LogP contribution < -0.4 is 15.0 Å². The molecule has 1 amide bonds. The Morgan fingerprint density at radius 1 is 1.30 bits per heavy atom. The second-order valence-corrected chi connectivity index (χ2v) is 4.83. The molecule has 1 aliphatic rings. The van der Waals surface area contributed by atoms with Crippen LogP contribution in [0.1, 0.15) is 17.3 Å². The summed E-state index contributed by atoms with van der Waals surface area (Å²) in [5, 5.41) is 2.96. The van der Waals surface area contributed by atoms with Crippen LogP contribution in [0.2, 0.25) is 0 Å². The van der Waals surface area contributed by atoms with Gasteiger partial charge in [0.2, 0.25) is 0 Å². The molecule has 1 saturated heterocycles. The standard InChI is InChI=1S/C15H22N2O3/c1-2-20-14-5-3-13(4-6-14)15(18)16-7-8-17-9-11-19-12-10-17/h3-6H,2,7-12H2,1H3,(H,16,18)/p+1. The van der Waals surface area contributed by atoms with Crippen molar-refractivity contribution < 1.29 is 19.2 Å². The molecule has 0 radical (unpaired) electrons. The van der Waals surface area contributed by atoms with Crippen molar-refractivity contribution in [1.82, 2.24) is 5.32 Å². The lowest BCUT2D eigenvalue weighted by Crippen LogP contribution is -3.14. The van der Waals surface area contributed by atoms with Crippen molar-refractivity contribution in [3.8, 4) is 5.75 Å². The van der Waals surface area contributed by atoms with Gasteiger partial charge in [0.15, 0.2) is 0 Å². The molecule has 0 aliphatic carbocycles. The van der Waals surface area contributed by atoms with Gasteiger partial charge >= 0.3 is 0 Å². The second kappa shape index (κ2) is 7.87. The summed E-state index contributed by atoms with van der Waals surface area (Å²) in [4.78, 5) is 13.5. The second-order valence-electron chi connectivity index (χ2n) is 4.83. The molecule has 1 aliphatic heterocycles. The van der Waals surface area contributed by atoms with Crippen molar-refractivity contribution in [2.24, 2.45) is 0 Å². The van der Waals surface area contributed by atoms with Crippen molar-refractivity contribution in [3.05, 3.63) is 29.8 Å². The van der Waals surface area contributed by atoms with E-state index < -0.39 is 0 Å². The molecule has 1 heterocycles. The summed E-state index contributed by atoms with van der Waals surface area (Å²) >= 11 is 0. The van der Waals surface area contributed by atoms with E-state index in [1.54, 1.807) is 12.1 Å². The number of carbonyl (C=O) groups excluding carboxylic acids is 1. The van der Waals surface area contributed by atoms with Gasteiger partial charge in [-0.05, 0) is 31.2 Å². The Labute approximate surface area is 119 Å². The number of hydrogen-bond acceptors (Lipinski definition) is 3. The average Bonchev–Trinajstić information content (AvgIpc) is 2.49. The summed E-state index contributed by atoms with van der Waals surface area (Å²) in [5.41, 5.74) is 0.672. The van der Waals surface area contributed by atoms with Crippen LogP contribution in [0.3, 0.4) is 0 Å². The zero-order valence-electron chi connectivity index (χ0n) is 12.0. The van der Waals surface area contributed by atoms with E-state index in [1.165, 1.54) is 4.90 Å². The summed E-state index contributed by atoms with van der Waals surface area (Å²) in [6.07, 6.45) is 0. The predicted octanol–water partition coefficient (Wildman–Crippen LogP) is -0.270. The first-order chi connectivity index (χ1) is 9.79. The lowest BCUT2D eigenvalue weighted by molar-refractivity contribution is -0.906. The van der Waals surface area contributed by atoms with E-state index in [2.05, 4.69) is 5.32 Å². The summed E-state index contributed by atoms with van der Waals surface area (Å²) in [6, 6.07) is 7.24. The van der Waals surface area contributed by atoms with E-state index in [0.29, 0.717) is 18.7 Å². The highest BCUT2D eigenvalue weighted by Crippen LogP contribution is 2.11. The summed E-state index contributed by atoms with van der Waals surface area (Å²) in [7, 11) is 0. The molecule has 1 aromatic rings. The third-order valence-electron chi connectivity index (χ3n) is 3.39. The summed E-state index contributed by atoms with van der Waals surface area (Å²) < 4.78 is 10.7. The first kappa shape index (κ1) is 14.8. The minimum Gasteiger partial charge on any atom is -0.494 e. The Hall–Kier alpha value is -1.59. The van der Waals surface area contributed by atoms with Crippen LogP contribution in [-0.4, -0.2) is 51.9 Å². The van der Waals surface area contributed by atoms with Crippen molar-refractivity contribution >= 4 is 5.91 Å². The Bertz CT molecular complexity index is 414. The normalized spacial score (nSPS) is 15.8. The Balaban J connectivity index is 1.73. The van der Waals surface area contributed by atoms with Gasteiger partial charge in [-0.3, -0.25) is 4.79 Å². The Kier molecular flexibility index (Phi) is 5.83. The maximum absolute atomic E-state index is 12.0. The topological polar surface area (TPSA) is 52.0 Å². The van der Waals surface area contributed by atoms with E-state index in [4.69, 9.17) is 9.47 Å². The molecule has 0 atom stereocenters. The van der Waals surface area contributed by atoms with Crippen molar-refractivity contribution in [2.45, 2.75) is 6.92 Å². The number of morpholine rings is 1. The highest BCUT2D eigenvalue weighted by atomic mass is 16.5. The van der Waals surface area contributed by atoms with Crippen LogP contribution in [0, 0.1) is 0 Å². The number of amides is 1. The van der Waals surface area contributed by atoms with Crippen LogP contribution >= 0.6 is 0 Å². The average molecular weight is 279 g/mol. The monoisotopic (exact) mass is 279 g/mol. The maximum Gasteiger partial charge on any atom is 0.251 e. The largest absolute Gasteiger partial charge is 0.494 e. The molecular weight excluding hydrogens is 256 g/mol. The van der Waals surface area contributed by atoms with E-state index in [1.807, 2.05) is 19.1 Å². The van der Waals surface area contributed by atoms with Gasteiger partial charge in [-0.15, -0.1) is 0 Å². The highest BCUT2D eigenvalue weighted by molar-refractivity contribution is 5.94. The minimum absolute atomic E-state index is 0.0271. The lowest BCUT2D eigenvalue weighted by atomic mass is 10.2. The predicted molar refractivity (Wildman–Crippen MR) is 76.3 cm³/mol. The molecule has 1 aromatic carbocycles. The third-order valence-corrected chi connectivity index (χ3v) is 3.39. The molecule has 110 valence electrons. The lowest BCUT2D eigenvalue weighted by Gasteiger charge is -2.23. The molecule has 2 rings (SSSR count). The smallest absolute Gasteiger partial charge is 0.251 e. The highest BCUT2D eigenvalue weighted by Gasteiger charge is 2.13. The van der Waals surface area contributed by atoms with Crippen LogP contribution in [0.5, 0.6) is 5.75 Å². The van der Waals surface area contributed by atoms with E-state index >= 15 is 0 Å². The molecule has 0 aromatic heterocycles. The van der Waals surface area contributed by atoms with E-state index in [-0.39, 0.29) is 5.91 Å². The summed E-state index contributed by atoms with van der Waals surface area (Å²) in [5.74, 6) is 0.766. The molecule has 0 saturated carbocycles. The third kappa shape index (κ3) is 4.51. The van der Waals surface area contributed by atoms with Gasteiger partial charge in [0.25, 0.3) is 5.91 Å². The molecule has 1 fully saturated rings. The van der Waals surface area contributed by atoms with Gasteiger partial charge < -0.3 is 19.7 Å². The number of nitrogens with one attached hydrogen (secondary N) is 2. The zero-order valence-corrected chi connectivity index (χ0v) is 12.0. The zero-order chi connectivity index (χ0) is 14.2. The number of benzene rings is 1. The van der Waals surface area contributed by atoms with E-state index in [9.17, 15) is 4.79 Å². The molecule has 0 bridgehead atoms. The fourth-order valence-electron chi connectivity index (χ4n) is 2.23. The Morgan fingerprint density at radius 2 is 2.00 bits per heavy atom.